The van der Waals surface area contributed by atoms with Gasteiger partial charge in [-0.2, -0.15) is 21.6 Å². The van der Waals surface area contributed by atoms with Gasteiger partial charge in [-0.05, 0) is 98.7 Å². The molecule has 0 aliphatic rings. The molecule has 0 spiro atoms. The van der Waals surface area contributed by atoms with Crippen LogP contribution in [0.5, 0.6) is 0 Å². The Balaban J connectivity index is 0.000000140. The fraction of sp³-hybridized carbons (Fsp3) is 0.0476. The van der Waals surface area contributed by atoms with Crippen LogP contribution >= 0.6 is 43.2 Å². The molecule has 0 amide bonds. The zero-order chi connectivity index (χ0) is 38.4. The van der Waals surface area contributed by atoms with E-state index < -0.39 is 26.4 Å². The number of rotatable bonds is 2. The summed E-state index contributed by atoms with van der Waals surface area (Å²) in [4.78, 5) is 0.852. The van der Waals surface area contributed by atoms with Crippen LogP contribution in [-0.4, -0.2) is 28.9 Å². The molecule has 54 heavy (non-hydrogen) atoms. The molecule has 1 N–H and O–H groups in total. The summed E-state index contributed by atoms with van der Waals surface area (Å²) in [5, 5.41) is 12.7. The first-order valence-electron chi connectivity index (χ1n) is 16.2. The normalized spacial score (nSPS) is 12.5. The number of hydrogen-bond donors (Lipinski definition) is 1. The van der Waals surface area contributed by atoms with E-state index in [4.69, 9.17) is 13.0 Å². The van der Waals surface area contributed by atoms with E-state index in [1.165, 1.54) is 57.0 Å². The molecule has 9 rings (SSSR count). The molecule has 9 aromatic rings. The zero-order valence-corrected chi connectivity index (χ0v) is 33.7. The van der Waals surface area contributed by atoms with Crippen LogP contribution < -0.4 is 0 Å². The zero-order valence-electron chi connectivity index (χ0n) is 28.1. The molecule has 0 fully saturated rings. The molecule has 0 saturated carbocycles. The SMILES string of the molecule is Brc1cc2ccccc2c2c1sc1ccc3ccccc3c12.CS(=O)c1c(Br)cc2ccccc2c1-c1cccc2ccccc12.O=S(=O)(O)C(F)(F)F. The fourth-order valence-corrected chi connectivity index (χ4v) is 10.4. The van der Waals surface area contributed by atoms with Crippen LogP contribution in [0.2, 0.25) is 0 Å². The highest BCUT2D eigenvalue weighted by molar-refractivity contribution is 9.11. The van der Waals surface area contributed by atoms with Crippen molar-refractivity contribution < 1.29 is 30.4 Å². The van der Waals surface area contributed by atoms with Gasteiger partial charge in [-0.25, -0.2) is 0 Å². The molecule has 1 aromatic heterocycles. The monoisotopic (exact) mass is 906 g/mol. The third-order valence-corrected chi connectivity index (χ3v) is 13.5. The van der Waals surface area contributed by atoms with Crippen molar-refractivity contribution in [1.82, 2.24) is 0 Å². The summed E-state index contributed by atoms with van der Waals surface area (Å²) in [6.45, 7) is 0. The Hall–Kier alpha value is -4.17. The molecule has 0 radical (unpaired) electrons. The maximum absolute atomic E-state index is 12.5. The van der Waals surface area contributed by atoms with Crippen molar-refractivity contribution in [2.75, 3.05) is 6.26 Å². The lowest BCUT2D eigenvalue weighted by Crippen LogP contribution is -2.21. The molecule has 1 atom stereocenters. The molecular formula is C42H27Br2F3O4S3. The largest absolute Gasteiger partial charge is 0.522 e. The summed E-state index contributed by atoms with van der Waals surface area (Å²) in [6, 6.07) is 49.0. The third-order valence-electron chi connectivity index (χ3n) is 8.90. The summed E-state index contributed by atoms with van der Waals surface area (Å²) >= 11 is 9.28. The first-order valence-corrected chi connectivity index (χ1v) is 21.6. The van der Waals surface area contributed by atoms with E-state index in [0.717, 1.165) is 31.3 Å². The first-order chi connectivity index (χ1) is 25.7. The minimum atomic E-state index is -5.84. The van der Waals surface area contributed by atoms with Gasteiger partial charge >= 0.3 is 15.6 Å². The van der Waals surface area contributed by atoms with Gasteiger partial charge in [0.05, 0.1) is 20.4 Å². The number of hydrogen-bond acceptors (Lipinski definition) is 4. The Kier molecular flexibility index (Phi) is 10.7. The second-order valence-electron chi connectivity index (χ2n) is 12.2. The molecule has 0 aliphatic heterocycles. The minimum Gasteiger partial charge on any atom is -0.279 e. The second-order valence-corrected chi connectivity index (χ2v) is 17.7. The molecule has 272 valence electrons. The lowest BCUT2D eigenvalue weighted by atomic mass is 9.94. The standard InChI is InChI=1S/C21H15BrOS.C20H11BrS.CHF3O3S/c1-24(23)21-19(22)13-15-8-3-5-11-17(15)20(21)18-12-6-9-14-7-2-4-10-16(14)18;21-16-11-13-6-2-4-8-15(13)19-18-14-7-3-1-5-12(14)9-10-17(18)22-20(16)19;2-1(3,4)8(5,6)7/h2-13H,1H3;1-11H;(H,5,6,7). The van der Waals surface area contributed by atoms with Gasteiger partial charge in [-0.1, -0.05) is 121 Å². The van der Waals surface area contributed by atoms with Gasteiger partial charge in [0, 0.05) is 36.2 Å². The predicted octanol–water partition coefficient (Wildman–Crippen LogP) is 13.7. The second kappa shape index (κ2) is 15.2. The summed E-state index contributed by atoms with van der Waals surface area (Å²) in [6.07, 6.45) is 1.74. The van der Waals surface area contributed by atoms with Gasteiger partial charge in [0.15, 0.2) is 0 Å². The molecule has 8 aromatic carbocycles. The number of alkyl halides is 3. The van der Waals surface area contributed by atoms with Gasteiger partial charge in [-0.3, -0.25) is 8.76 Å². The van der Waals surface area contributed by atoms with E-state index in [2.05, 4.69) is 153 Å². The van der Waals surface area contributed by atoms with Crippen LogP contribution in [0.15, 0.2) is 153 Å². The highest BCUT2D eigenvalue weighted by atomic mass is 79.9. The van der Waals surface area contributed by atoms with E-state index in [1.807, 2.05) is 29.5 Å². The van der Waals surface area contributed by atoms with Crippen LogP contribution in [0.4, 0.5) is 13.2 Å². The molecule has 0 saturated heterocycles. The molecule has 1 unspecified atom stereocenters. The smallest absolute Gasteiger partial charge is 0.279 e. The topological polar surface area (TPSA) is 71.4 Å². The number of halogens is 5. The maximum atomic E-state index is 12.5. The highest BCUT2D eigenvalue weighted by Crippen LogP contribution is 2.45. The van der Waals surface area contributed by atoms with E-state index >= 15 is 0 Å². The quantitative estimate of drug-likeness (QED) is 0.139. The molecule has 0 bridgehead atoms. The van der Waals surface area contributed by atoms with Crippen LogP contribution in [0.25, 0.3) is 74.4 Å². The van der Waals surface area contributed by atoms with Crippen molar-refractivity contribution >= 4 is 127 Å². The maximum Gasteiger partial charge on any atom is 0.522 e. The van der Waals surface area contributed by atoms with E-state index in [9.17, 15) is 17.4 Å². The summed E-state index contributed by atoms with van der Waals surface area (Å²) < 4.78 is 74.8. The summed E-state index contributed by atoms with van der Waals surface area (Å²) in [7, 11) is -6.94. The summed E-state index contributed by atoms with van der Waals surface area (Å²) in [5.74, 6) is 0. The minimum absolute atomic E-state index is 0.852. The third kappa shape index (κ3) is 7.30. The predicted molar refractivity (Wildman–Crippen MR) is 227 cm³/mol. The van der Waals surface area contributed by atoms with E-state index in [0.29, 0.717) is 0 Å². The van der Waals surface area contributed by atoms with Crippen LogP contribution in [-0.2, 0) is 20.9 Å². The van der Waals surface area contributed by atoms with Crippen LogP contribution in [0.1, 0.15) is 0 Å². The average molecular weight is 909 g/mol. The van der Waals surface area contributed by atoms with E-state index in [-0.39, 0.29) is 0 Å². The van der Waals surface area contributed by atoms with Crippen molar-refractivity contribution in [1.29, 1.82) is 0 Å². The number of thiophene rings is 1. The van der Waals surface area contributed by atoms with E-state index in [1.54, 1.807) is 6.26 Å². The summed E-state index contributed by atoms with van der Waals surface area (Å²) in [5.41, 5.74) is -3.36. The molecular weight excluding hydrogens is 881 g/mol. The average Bonchev–Trinajstić information content (AvgIpc) is 3.55. The van der Waals surface area contributed by atoms with Crippen molar-refractivity contribution in [2.45, 2.75) is 10.4 Å². The van der Waals surface area contributed by atoms with Crippen molar-refractivity contribution in [3.05, 3.63) is 148 Å². The Bertz CT molecular complexity index is 3030. The first kappa shape index (κ1) is 38.1. The van der Waals surface area contributed by atoms with Crippen LogP contribution in [0.3, 0.4) is 0 Å². The Morgan fingerprint density at radius 1 is 0.611 bits per heavy atom. The van der Waals surface area contributed by atoms with Gasteiger partial charge in [-0.15, -0.1) is 11.3 Å². The Morgan fingerprint density at radius 2 is 1.07 bits per heavy atom. The van der Waals surface area contributed by atoms with Crippen LogP contribution in [0, 0.1) is 0 Å². The lowest BCUT2D eigenvalue weighted by Gasteiger charge is -2.16. The lowest BCUT2D eigenvalue weighted by molar-refractivity contribution is -0.0510. The highest BCUT2D eigenvalue weighted by Gasteiger charge is 2.44. The molecule has 0 aliphatic carbocycles. The Labute approximate surface area is 331 Å². The molecule has 4 nitrogen and oxygen atoms in total. The Morgan fingerprint density at radius 3 is 1.67 bits per heavy atom. The van der Waals surface area contributed by atoms with Crippen molar-refractivity contribution in [3.63, 3.8) is 0 Å². The van der Waals surface area contributed by atoms with Gasteiger partial charge in [0.2, 0.25) is 0 Å². The van der Waals surface area contributed by atoms with Crippen molar-refractivity contribution in [3.8, 4) is 11.1 Å². The number of fused-ring (bicyclic) bond motifs is 9. The molecule has 12 heteroatoms. The fourth-order valence-electron chi connectivity index (χ4n) is 6.63. The van der Waals surface area contributed by atoms with Gasteiger partial charge in [0.25, 0.3) is 0 Å². The molecule has 1 heterocycles. The number of benzene rings is 8. The van der Waals surface area contributed by atoms with Gasteiger partial charge < -0.3 is 0 Å². The van der Waals surface area contributed by atoms with Crippen molar-refractivity contribution in [2.24, 2.45) is 0 Å². The van der Waals surface area contributed by atoms with Gasteiger partial charge in [0.1, 0.15) is 0 Å².